The number of carboxylic acid groups (broad SMARTS) is 1. The molecule has 1 heterocycles. The SMILES string of the molecule is O=C(O)CCN(Cc1coc(-c2ccccc2)n1)C1CC1. The molecule has 5 nitrogen and oxygen atoms in total. The largest absolute Gasteiger partial charge is 0.481 e. The molecule has 2 aromatic rings. The van der Waals surface area contributed by atoms with Gasteiger partial charge in [0.2, 0.25) is 5.89 Å². The predicted octanol–water partition coefficient (Wildman–Crippen LogP) is 2.78. The van der Waals surface area contributed by atoms with Crippen LogP contribution in [0.3, 0.4) is 0 Å². The molecule has 1 aromatic heterocycles. The van der Waals surface area contributed by atoms with E-state index in [1.54, 1.807) is 6.26 Å². The van der Waals surface area contributed by atoms with Gasteiger partial charge in [-0.15, -0.1) is 0 Å². The summed E-state index contributed by atoms with van der Waals surface area (Å²) in [6, 6.07) is 10.3. The topological polar surface area (TPSA) is 66.6 Å². The van der Waals surface area contributed by atoms with Crippen LogP contribution in [0.15, 0.2) is 41.0 Å². The van der Waals surface area contributed by atoms with Crippen LogP contribution < -0.4 is 0 Å². The van der Waals surface area contributed by atoms with Gasteiger partial charge in [0.05, 0.1) is 12.1 Å². The Hall–Kier alpha value is -2.14. The molecule has 0 atom stereocenters. The number of nitrogens with zero attached hydrogens (tertiary/aromatic N) is 2. The highest BCUT2D eigenvalue weighted by Gasteiger charge is 2.29. The predicted molar refractivity (Wildman–Crippen MR) is 77.6 cm³/mol. The summed E-state index contributed by atoms with van der Waals surface area (Å²) in [6.07, 6.45) is 4.12. The zero-order valence-corrected chi connectivity index (χ0v) is 11.7. The summed E-state index contributed by atoms with van der Waals surface area (Å²) in [4.78, 5) is 17.4. The third-order valence-electron chi connectivity index (χ3n) is 3.61. The molecule has 5 heteroatoms. The van der Waals surface area contributed by atoms with Crippen LogP contribution in [0.25, 0.3) is 11.5 Å². The lowest BCUT2D eigenvalue weighted by molar-refractivity contribution is -0.137. The Balaban J connectivity index is 1.66. The monoisotopic (exact) mass is 286 g/mol. The van der Waals surface area contributed by atoms with E-state index >= 15 is 0 Å². The van der Waals surface area contributed by atoms with Crippen molar-refractivity contribution in [3.8, 4) is 11.5 Å². The number of aromatic nitrogens is 1. The summed E-state index contributed by atoms with van der Waals surface area (Å²) in [7, 11) is 0. The van der Waals surface area contributed by atoms with Gasteiger partial charge < -0.3 is 9.52 Å². The van der Waals surface area contributed by atoms with Gasteiger partial charge >= 0.3 is 5.97 Å². The van der Waals surface area contributed by atoms with Crippen LogP contribution in [-0.4, -0.2) is 33.5 Å². The van der Waals surface area contributed by atoms with Gasteiger partial charge in [0, 0.05) is 24.7 Å². The normalized spacial score (nSPS) is 14.5. The number of oxazole rings is 1. The van der Waals surface area contributed by atoms with E-state index < -0.39 is 5.97 Å². The van der Waals surface area contributed by atoms with E-state index in [9.17, 15) is 4.79 Å². The number of carboxylic acids is 1. The summed E-state index contributed by atoms with van der Waals surface area (Å²) in [5.41, 5.74) is 1.80. The molecule has 21 heavy (non-hydrogen) atoms. The average molecular weight is 286 g/mol. The maximum atomic E-state index is 10.7. The number of hydrogen-bond donors (Lipinski definition) is 1. The first-order valence-electron chi connectivity index (χ1n) is 7.18. The summed E-state index contributed by atoms with van der Waals surface area (Å²) in [5, 5.41) is 8.82. The molecule has 1 aliphatic carbocycles. The zero-order chi connectivity index (χ0) is 14.7. The molecule has 0 aliphatic heterocycles. The fraction of sp³-hybridized carbons (Fsp3) is 0.375. The highest BCUT2D eigenvalue weighted by molar-refractivity contribution is 5.66. The van der Waals surface area contributed by atoms with Crippen molar-refractivity contribution in [2.24, 2.45) is 0 Å². The first kappa shape index (κ1) is 13.8. The van der Waals surface area contributed by atoms with Crippen LogP contribution in [-0.2, 0) is 11.3 Å². The second-order valence-electron chi connectivity index (χ2n) is 5.36. The van der Waals surface area contributed by atoms with Gasteiger partial charge in [0.1, 0.15) is 6.26 Å². The number of benzene rings is 1. The lowest BCUT2D eigenvalue weighted by atomic mass is 10.2. The van der Waals surface area contributed by atoms with Gasteiger partial charge in [-0.3, -0.25) is 9.69 Å². The third kappa shape index (κ3) is 3.70. The van der Waals surface area contributed by atoms with Crippen LogP contribution in [0, 0.1) is 0 Å². The number of aliphatic carboxylic acids is 1. The van der Waals surface area contributed by atoms with Gasteiger partial charge in [-0.1, -0.05) is 18.2 Å². The standard InChI is InChI=1S/C16H18N2O3/c19-15(20)8-9-18(14-6-7-14)10-13-11-21-16(17-13)12-4-2-1-3-5-12/h1-5,11,14H,6-10H2,(H,19,20). The van der Waals surface area contributed by atoms with E-state index in [4.69, 9.17) is 9.52 Å². The lowest BCUT2D eigenvalue weighted by Gasteiger charge is -2.19. The van der Waals surface area contributed by atoms with Crippen LogP contribution in [0.1, 0.15) is 25.0 Å². The minimum atomic E-state index is -0.759. The van der Waals surface area contributed by atoms with E-state index in [0.29, 0.717) is 25.0 Å². The summed E-state index contributed by atoms with van der Waals surface area (Å²) < 4.78 is 5.52. The molecule has 0 bridgehead atoms. The van der Waals surface area contributed by atoms with Crippen molar-refractivity contribution in [3.63, 3.8) is 0 Å². The quantitative estimate of drug-likeness (QED) is 0.847. The molecular weight excluding hydrogens is 268 g/mol. The molecule has 0 radical (unpaired) electrons. The fourth-order valence-corrected chi connectivity index (χ4v) is 2.37. The van der Waals surface area contributed by atoms with Crippen molar-refractivity contribution < 1.29 is 14.3 Å². The van der Waals surface area contributed by atoms with Gasteiger partial charge in [-0.05, 0) is 25.0 Å². The number of carbonyl (C=O) groups is 1. The van der Waals surface area contributed by atoms with Gasteiger partial charge in [-0.2, -0.15) is 0 Å². The van der Waals surface area contributed by atoms with E-state index in [1.807, 2.05) is 30.3 Å². The number of rotatable bonds is 7. The zero-order valence-electron chi connectivity index (χ0n) is 11.7. The van der Waals surface area contributed by atoms with E-state index in [0.717, 1.165) is 24.1 Å². The molecule has 0 spiro atoms. The van der Waals surface area contributed by atoms with Crippen LogP contribution in [0.5, 0.6) is 0 Å². The minimum Gasteiger partial charge on any atom is -0.481 e. The third-order valence-corrected chi connectivity index (χ3v) is 3.61. The summed E-state index contributed by atoms with van der Waals surface area (Å²) in [5.74, 6) is -0.148. The molecule has 1 aromatic carbocycles. The van der Waals surface area contributed by atoms with Crippen molar-refractivity contribution in [2.45, 2.75) is 31.8 Å². The Morgan fingerprint density at radius 1 is 1.33 bits per heavy atom. The Labute approximate surface area is 123 Å². The first-order chi connectivity index (χ1) is 10.2. The van der Waals surface area contributed by atoms with Gasteiger partial charge in [-0.25, -0.2) is 4.98 Å². The second kappa shape index (κ2) is 6.10. The fourth-order valence-electron chi connectivity index (χ4n) is 2.37. The van der Waals surface area contributed by atoms with Crippen LogP contribution >= 0.6 is 0 Å². The second-order valence-corrected chi connectivity index (χ2v) is 5.36. The Bertz CT molecular complexity index is 605. The molecule has 0 saturated heterocycles. The Morgan fingerprint density at radius 2 is 2.10 bits per heavy atom. The average Bonchev–Trinajstić information content (AvgIpc) is 3.23. The maximum Gasteiger partial charge on any atom is 0.304 e. The van der Waals surface area contributed by atoms with Crippen molar-refractivity contribution in [2.75, 3.05) is 6.54 Å². The Morgan fingerprint density at radius 3 is 2.76 bits per heavy atom. The van der Waals surface area contributed by atoms with E-state index in [1.165, 1.54) is 0 Å². The van der Waals surface area contributed by atoms with Crippen molar-refractivity contribution in [1.82, 2.24) is 9.88 Å². The number of hydrogen-bond acceptors (Lipinski definition) is 4. The van der Waals surface area contributed by atoms with Gasteiger partial charge in [0.15, 0.2) is 0 Å². The highest BCUT2D eigenvalue weighted by Crippen LogP contribution is 2.28. The molecule has 3 rings (SSSR count). The Kier molecular flexibility index (Phi) is 4.01. The lowest BCUT2D eigenvalue weighted by Crippen LogP contribution is -2.28. The van der Waals surface area contributed by atoms with Gasteiger partial charge in [0.25, 0.3) is 0 Å². The van der Waals surface area contributed by atoms with E-state index in [2.05, 4.69) is 9.88 Å². The van der Waals surface area contributed by atoms with Crippen molar-refractivity contribution in [1.29, 1.82) is 0 Å². The molecule has 0 amide bonds. The molecule has 1 saturated carbocycles. The first-order valence-corrected chi connectivity index (χ1v) is 7.18. The molecule has 110 valence electrons. The smallest absolute Gasteiger partial charge is 0.304 e. The van der Waals surface area contributed by atoms with Crippen molar-refractivity contribution in [3.05, 3.63) is 42.3 Å². The van der Waals surface area contributed by atoms with Crippen LogP contribution in [0.2, 0.25) is 0 Å². The van der Waals surface area contributed by atoms with Crippen LogP contribution in [0.4, 0.5) is 0 Å². The van der Waals surface area contributed by atoms with E-state index in [-0.39, 0.29) is 6.42 Å². The molecule has 0 unspecified atom stereocenters. The highest BCUT2D eigenvalue weighted by atomic mass is 16.4. The summed E-state index contributed by atoms with van der Waals surface area (Å²) in [6.45, 7) is 1.21. The van der Waals surface area contributed by atoms with Crippen molar-refractivity contribution >= 4 is 5.97 Å². The molecule has 1 aliphatic rings. The maximum absolute atomic E-state index is 10.7. The molecule has 1 N–H and O–H groups in total. The summed E-state index contributed by atoms with van der Waals surface area (Å²) >= 11 is 0. The molecular formula is C16H18N2O3. The molecule has 1 fully saturated rings. The minimum absolute atomic E-state index is 0.167.